The molecule has 1 atom stereocenters. The van der Waals surface area contributed by atoms with Crippen LogP contribution in [0.5, 0.6) is 0 Å². The molecule has 30 heavy (non-hydrogen) atoms. The van der Waals surface area contributed by atoms with E-state index in [2.05, 4.69) is 5.32 Å². The van der Waals surface area contributed by atoms with Gasteiger partial charge in [0.15, 0.2) is 6.61 Å². The van der Waals surface area contributed by atoms with Gasteiger partial charge in [0.1, 0.15) is 6.04 Å². The molecule has 7 heteroatoms. The lowest BCUT2D eigenvalue weighted by atomic mass is 10.1. The molecule has 0 aliphatic carbocycles. The van der Waals surface area contributed by atoms with Crippen molar-refractivity contribution in [3.63, 3.8) is 0 Å². The van der Waals surface area contributed by atoms with Crippen molar-refractivity contribution in [3.8, 4) is 0 Å². The van der Waals surface area contributed by atoms with E-state index in [9.17, 15) is 14.4 Å². The molecule has 0 spiro atoms. The largest absolute Gasteiger partial charge is 0.467 e. The van der Waals surface area contributed by atoms with Gasteiger partial charge in [0.05, 0.1) is 25.4 Å². The molecule has 1 N–H and O–H groups in total. The number of rotatable bonds is 10. The Morgan fingerprint density at radius 1 is 0.933 bits per heavy atom. The van der Waals surface area contributed by atoms with Crippen LogP contribution >= 0.6 is 0 Å². The fourth-order valence-electron chi connectivity index (χ4n) is 2.64. The van der Waals surface area contributed by atoms with Crippen LogP contribution in [0, 0.1) is 0 Å². The molecule has 0 fully saturated rings. The molecule has 0 saturated heterocycles. The average Bonchev–Trinajstić information content (AvgIpc) is 2.76. The predicted molar refractivity (Wildman–Crippen MR) is 111 cm³/mol. The van der Waals surface area contributed by atoms with Gasteiger partial charge in [0, 0.05) is 6.42 Å². The zero-order valence-corrected chi connectivity index (χ0v) is 17.4. The van der Waals surface area contributed by atoms with Gasteiger partial charge in [-0.05, 0) is 37.1 Å². The van der Waals surface area contributed by atoms with Crippen LogP contribution in [0.15, 0.2) is 54.6 Å². The number of ether oxygens (including phenoxy) is 3. The maximum Gasteiger partial charge on any atom is 0.338 e. The summed E-state index contributed by atoms with van der Waals surface area (Å²) in [6, 6.07) is 15.1. The number of nitrogens with one attached hydrogen (secondary N) is 1. The van der Waals surface area contributed by atoms with Gasteiger partial charge in [0.2, 0.25) is 0 Å². The van der Waals surface area contributed by atoms with E-state index < -0.39 is 30.5 Å². The molecule has 0 aromatic heterocycles. The van der Waals surface area contributed by atoms with Crippen molar-refractivity contribution < 1.29 is 28.6 Å². The summed E-state index contributed by atoms with van der Waals surface area (Å²) in [4.78, 5) is 36.3. The molecule has 0 radical (unpaired) electrons. The molecule has 160 valence electrons. The quantitative estimate of drug-likeness (QED) is 0.602. The molecule has 0 unspecified atom stereocenters. The van der Waals surface area contributed by atoms with Crippen molar-refractivity contribution in [2.45, 2.75) is 39.0 Å². The first-order valence-electron chi connectivity index (χ1n) is 9.67. The molecule has 0 heterocycles. The Morgan fingerprint density at radius 2 is 1.60 bits per heavy atom. The van der Waals surface area contributed by atoms with Crippen molar-refractivity contribution in [1.82, 2.24) is 5.32 Å². The van der Waals surface area contributed by atoms with E-state index in [1.54, 1.807) is 24.3 Å². The SMILES string of the molecule is COC(=O)[C@@H](Cc1ccccc1)NC(=O)COC(=O)c1ccc(COC(C)C)cc1. The van der Waals surface area contributed by atoms with E-state index in [1.165, 1.54) is 7.11 Å². The van der Waals surface area contributed by atoms with Crippen LogP contribution in [0.25, 0.3) is 0 Å². The Labute approximate surface area is 176 Å². The molecule has 2 rings (SSSR count). The molecule has 0 aliphatic rings. The van der Waals surface area contributed by atoms with Crippen LogP contribution < -0.4 is 5.32 Å². The monoisotopic (exact) mass is 413 g/mol. The smallest absolute Gasteiger partial charge is 0.338 e. The zero-order chi connectivity index (χ0) is 21.9. The van der Waals surface area contributed by atoms with Crippen LogP contribution in [0.2, 0.25) is 0 Å². The number of methoxy groups -OCH3 is 1. The van der Waals surface area contributed by atoms with Gasteiger partial charge in [-0.2, -0.15) is 0 Å². The van der Waals surface area contributed by atoms with Crippen molar-refractivity contribution >= 4 is 17.8 Å². The first-order chi connectivity index (χ1) is 14.4. The van der Waals surface area contributed by atoms with Crippen LogP contribution in [0.4, 0.5) is 0 Å². The first kappa shape index (κ1) is 23.1. The molecule has 7 nitrogen and oxygen atoms in total. The van der Waals surface area contributed by atoms with E-state index in [-0.39, 0.29) is 12.5 Å². The lowest BCUT2D eigenvalue weighted by molar-refractivity contribution is -0.145. The second-order valence-electron chi connectivity index (χ2n) is 6.97. The van der Waals surface area contributed by atoms with E-state index in [4.69, 9.17) is 14.2 Å². The van der Waals surface area contributed by atoms with E-state index in [0.717, 1.165) is 11.1 Å². The summed E-state index contributed by atoms with van der Waals surface area (Å²) in [6.07, 6.45) is 0.386. The number of hydrogen-bond donors (Lipinski definition) is 1. The lowest BCUT2D eigenvalue weighted by Gasteiger charge is -2.16. The Kier molecular flexibility index (Phi) is 9.03. The van der Waals surface area contributed by atoms with Crippen molar-refractivity contribution in [2.24, 2.45) is 0 Å². The fraction of sp³-hybridized carbons (Fsp3) is 0.348. The zero-order valence-electron chi connectivity index (χ0n) is 17.4. The predicted octanol–water partition coefficient (Wildman–Crippen LogP) is 2.67. The highest BCUT2D eigenvalue weighted by molar-refractivity contribution is 5.92. The number of hydrogen-bond acceptors (Lipinski definition) is 6. The maximum atomic E-state index is 12.2. The molecule has 0 bridgehead atoms. The van der Waals surface area contributed by atoms with E-state index in [0.29, 0.717) is 12.2 Å². The second kappa shape index (κ2) is 11.7. The topological polar surface area (TPSA) is 90.9 Å². The van der Waals surface area contributed by atoms with Crippen LogP contribution in [-0.4, -0.2) is 43.7 Å². The Hall–Kier alpha value is -3.19. The molecular weight excluding hydrogens is 386 g/mol. The summed E-state index contributed by atoms with van der Waals surface area (Å²) >= 11 is 0. The van der Waals surface area contributed by atoms with E-state index >= 15 is 0 Å². The van der Waals surface area contributed by atoms with Gasteiger partial charge in [-0.25, -0.2) is 9.59 Å². The summed E-state index contributed by atoms with van der Waals surface area (Å²) in [5, 5.41) is 2.55. The number of carbonyl (C=O) groups excluding carboxylic acids is 3. The minimum atomic E-state index is -0.871. The summed E-state index contributed by atoms with van der Waals surface area (Å²) in [7, 11) is 1.25. The third-order valence-electron chi connectivity index (χ3n) is 4.21. The van der Waals surface area contributed by atoms with Crippen LogP contribution in [0.3, 0.4) is 0 Å². The van der Waals surface area contributed by atoms with Gasteiger partial charge in [-0.3, -0.25) is 4.79 Å². The highest BCUT2D eigenvalue weighted by Crippen LogP contribution is 2.09. The van der Waals surface area contributed by atoms with Crippen LogP contribution in [0.1, 0.15) is 35.3 Å². The Bertz CT molecular complexity index is 833. The Balaban J connectivity index is 1.86. The third-order valence-corrected chi connectivity index (χ3v) is 4.21. The standard InChI is InChI=1S/C23H27NO6/c1-16(2)29-14-18-9-11-19(12-10-18)22(26)30-15-21(25)24-20(23(27)28-3)13-17-7-5-4-6-8-17/h4-12,16,20H,13-15H2,1-3H3,(H,24,25)/t20-/m1/s1. The molecule has 2 aromatic carbocycles. The maximum absolute atomic E-state index is 12.2. The number of amides is 1. The number of esters is 2. The molecular formula is C23H27NO6. The molecule has 2 aromatic rings. The van der Waals surface area contributed by atoms with Gasteiger partial charge in [-0.15, -0.1) is 0 Å². The normalized spacial score (nSPS) is 11.6. The minimum absolute atomic E-state index is 0.115. The highest BCUT2D eigenvalue weighted by atomic mass is 16.5. The fourth-order valence-corrected chi connectivity index (χ4v) is 2.64. The second-order valence-corrected chi connectivity index (χ2v) is 6.97. The number of carbonyl (C=O) groups is 3. The van der Waals surface area contributed by atoms with Gasteiger partial charge >= 0.3 is 11.9 Å². The highest BCUT2D eigenvalue weighted by Gasteiger charge is 2.22. The molecule has 0 saturated carbocycles. The van der Waals surface area contributed by atoms with Crippen molar-refractivity contribution in [2.75, 3.05) is 13.7 Å². The molecule has 0 aliphatic heterocycles. The average molecular weight is 413 g/mol. The number of benzene rings is 2. The van der Waals surface area contributed by atoms with Crippen molar-refractivity contribution in [3.05, 3.63) is 71.3 Å². The summed E-state index contributed by atoms with van der Waals surface area (Å²) in [6.45, 7) is 3.84. The van der Waals surface area contributed by atoms with E-state index in [1.807, 2.05) is 44.2 Å². The van der Waals surface area contributed by atoms with Crippen LogP contribution in [-0.2, 0) is 36.8 Å². The Morgan fingerprint density at radius 3 is 2.20 bits per heavy atom. The van der Waals surface area contributed by atoms with Crippen molar-refractivity contribution in [1.29, 1.82) is 0 Å². The minimum Gasteiger partial charge on any atom is -0.467 e. The van der Waals surface area contributed by atoms with Gasteiger partial charge < -0.3 is 19.5 Å². The summed E-state index contributed by atoms with van der Waals surface area (Å²) in [5.74, 6) is -1.78. The summed E-state index contributed by atoms with van der Waals surface area (Å²) in [5.41, 5.74) is 2.12. The van der Waals surface area contributed by atoms with Gasteiger partial charge in [0.25, 0.3) is 5.91 Å². The lowest BCUT2D eigenvalue weighted by Crippen LogP contribution is -2.44. The molecule has 1 amide bonds. The summed E-state index contributed by atoms with van der Waals surface area (Å²) < 4.78 is 15.3. The van der Waals surface area contributed by atoms with Gasteiger partial charge in [-0.1, -0.05) is 42.5 Å². The third kappa shape index (κ3) is 7.67. The first-order valence-corrected chi connectivity index (χ1v) is 9.67.